The van der Waals surface area contributed by atoms with Crippen molar-refractivity contribution in [2.75, 3.05) is 6.61 Å². The first-order chi connectivity index (χ1) is 8.90. The predicted molar refractivity (Wildman–Crippen MR) is 64.5 cm³/mol. The summed E-state index contributed by atoms with van der Waals surface area (Å²) >= 11 is 0. The Morgan fingerprint density at radius 1 is 1.53 bits per heavy atom. The van der Waals surface area contributed by atoms with Gasteiger partial charge in [-0.3, -0.25) is 9.59 Å². The van der Waals surface area contributed by atoms with Crippen molar-refractivity contribution in [2.45, 2.75) is 19.9 Å². The second-order valence-corrected chi connectivity index (χ2v) is 3.82. The number of pyridine rings is 1. The molecule has 0 fully saturated rings. The molecule has 0 aliphatic rings. The molecular formula is C11H13N3O5. The Kier molecular flexibility index (Phi) is 4.92. The fraction of sp³-hybridized carbons (Fsp3) is 0.364. The van der Waals surface area contributed by atoms with E-state index in [4.69, 9.17) is 4.74 Å². The van der Waals surface area contributed by atoms with Crippen molar-refractivity contribution in [1.82, 2.24) is 10.3 Å². The number of carbonyl (C=O) groups is 2. The van der Waals surface area contributed by atoms with Crippen LogP contribution in [0.4, 0.5) is 5.82 Å². The smallest absolute Gasteiger partial charge is 0.364 e. The first-order valence-corrected chi connectivity index (χ1v) is 5.46. The number of aromatic nitrogens is 1. The first kappa shape index (κ1) is 14.6. The van der Waals surface area contributed by atoms with E-state index < -0.39 is 28.7 Å². The molecule has 1 amide bonds. The fourth-order valence-corrected chi connectivity index (χ4v) is 1.23. The Balaban J connectivity index is 2.65. The molecule has 1 heterocycles. The average molecular weight is 267 g/mol. The molecule has 0 radical (unpaired) electrons. The largest absolute Gasteiger partial charge is 0.464 e. The zero-order valence-electron chi connectivity index (χ0n) is 10.5. The van der Waals surface area contributed by atoms with Gasteiger partial charge in [-0.1, -0.05) is 0 Å². The molecule has 0 aromatic carbocycles. The Labute approximate surface area is 108 Å². The third-order valence-corrected chi connectivity index (χ3v) is 2.07. The second-order valence-electron chi connectivity index (χ2n) is 3.82. The van der Waals surface area contributed by atoms with Crippen LogP contribution in [0, 0.1) is 10.1 Å². The number of nitro groups is 1. The number of nitrogens with one attached hydrogen (secondary N) is 1. The van der Waals surface area contributed by atoms with Crippen molar-refractivity contribution in [3.05, 3.63) is 34.0 Å². The van der Waals surface area contributed by atoms with Crippen LogP contribution in [-0.4, -0.2) is 34.4 Å². The van der Waals surface area contributed by atoms with E-state index in [9.17, 15) is 19.7 Å². The number of hydrogen-bond acceptors (Lipinski definition) is 6. The molecule has 102 valence electrons. The molecule has 1 rings (SSSR count). The number of rotatable bonds is 5. The minimum absolute atomic E-state index is 0.0238. The van der Waals surface area contributed by atoms with Crippen molar-refractivity contribution in [1.29, 1.82) is 0 Å². The molecule has 1 atom stereocenters. The normalized spacial score (nSPS) is 11.5. The molecule has 1 N–H and O–H groups in total. The zero-order chi connectivity index (χ0) is 14.4. The molecular weight excluding hydrogens is 254 g/mol. The van der Waals surface area contributed by atoms with E-state index in [2.05, 4.69) is 10.3 Å². The van der Waals surface area contributed by atoms with Crippen LogP contribution in [0.5, 0.6) is 0 Å². The van der Waals surface area contributed by atoms with E-state index in [1.165, 1.54) is 25.1 Å². The van der Waals surface area contributed by atoms with Crippen molar-refractivity contribution < 1.29 is 19.2 Å². The number of ether oxygens (including phenoxy) is 1. The first-order valence-electron chi connectivity index (χ1n) is 5.46. The molecule has 0 aliphatic carbocycles. The van der Waals surface area contributed by atoms with Gasteiger partial charge in [0.2, 0.25) is 5.69 Å². The minimum atomic E-state index is -0.681. The highest BCUT2D eigenvalue weighted by atomic mass is 16.6. The molecule has 1 aromatic heterocycles. The van der Waals surface area contributed by atoms with Gasteiger partial charge >= 0.3 is 11.8 Å². The average Bonchev–Trinajstić information content (AvgIpc) is 2.36. The minimum Gasteiger partial charge on any atom is -0.464 e. The number of carbonyl (C=O) groups excluding carboxylic acids is 2. The van der Waals surface area contributed by atoms with Gasteiger partial charge in [0, 0.05) is 13.0 Å². The van der Waals surface area contributed by atoms with E-state index in [1.54, 1.807) is 6.92 Å². The van der Waals surface area contributed by atoms with Crippen molar-refractivity contribution >= 4 is 17.7 Å². The summed E-state index contributed by atoms with van der Waals surface area (Å²) in [4.78, 5) is 35.8. The standard InChI is InChI=1S/C11H13N3O5/c1-7(6-19-8(2)15)12-11(16)9-4-3-5-10(13-9)14(17)18/h3-5,7H,6H2,1-2H3,(H,12,16)/t7-/m1/s1. The number of nitrogens with zero attached hydrogens (tertiary/aromatic N) is 2. The van der Waals surface area contributed by atoms with Gasteiger partial charge in [0.05, 0.1) is 6.04 Å². The summed E-state index contributed by atoms with van der Waals surface area (Å²) in [5, 5.41) is 13.0. The number of esters is 1. The summed E-state index contributed by atoms with van der Waals surface area (Å²) in [5.41, 5.74) is -0.0659. The highest BCUT2D eigenvalue weighted by Gasteiger charge is 2.18. The van der Waals surface area contributed by atoms with Gasteiger partial charge in [-0.15, -0.1) is 0 Å². The van der Waals surface area contributed by atoms with Gasteiger partial charge in [0.25, 0.3) is 5.91 Å². The van der Waals surface area contributed by atoms with Crippen molar-refractivity contribution in [3.8, 4) is 0 Å². The van der Waals surface area contributed by atoms with Crippen LogP contribution in [0.3, 0.4) is 0 Å². The van der Waals surface area contributed by atoms with Crippen LogP contribution in [0.15, 0.2) is 18.2 Å². The van der Waals surface area contributed by atoms with Gasteiger partial charge in [-0.25, -0.2) is 0 Å². The molecule has 1 aromatic rings. The molecule has 0 saturated heterocycles. The summed E-state index contributed by atoms with van der Waals surface area (Å²) in [6.07, 6.45) is 0. The Morgan fingerprint density at radius 2 is 2.21 bits per heavy atom. The van der Waals surface area contributed by atoms with Crippen molar-refractivity contribution in [3.63, 3.8) is 0 Å². The Bertz CT molecular complexity index is 503. The van der Waals surface area contributed by atoms with Crippen molar-refractivity contribution in [2.24, 2.45) is 0 Å². The number of amides is 1. The maximum absolute atomic E-state index is 11.7. The van der Waals surface area contributed by atoms with Gasteiger partial charge in [0.15, 0.2) is 0 Å². The molecule has 0 aliphatic heterocycles. The summed E-state index contributed by atoms with van der Waals surface area (Å²) in [6.45, 7) is 2.92. The van der Waals surface area contributed by atoms with E-state index >= 15 is 0 Å². The highest BCUT2D eigenvalue weighted by Crippen LogP contribution is 2.07. The molecule has 8 nitrogen and oxygen atoms in total. The maximum atomic E-state index is 11.7. The molecule has 0 unspecified atom stereocenters. The molecule has 0 saturated carbocycles. The van der Waals surface area contributed by atoms with E-state index in [0.29, 0.717) is 0 Å². The van der Waals surface area contributed by atoms with Crippen LogP contribution in [0.2, 0.25) is 0 Å². The molecule has 0 bridgehead atoms. The van der Waals surface area contributed by atoms with E-state index in [0.717, 1.165) is 0 Å². The quantitative estimate of drug-likeness (QED) is 0.476. The second kappa shape index (κ2) is 6.43. The van der Waals surface area contributed by atoms with Crippen LogP contribution < -0.4 is 5.32 Å². The Hall–Kier alpha value is -2.51. The Morgan fingerprint density at radius 3 is 2.79 bits per heavy atom. The lowest BCUT2D eigenvalue weighted by atomic mass is 10.3. The third kappa shape index (κ3) is 4.70. The molecule has 19 heavy (non-hydrogen) atoms. The lowest BCUT2D eigenvalue weighted by Gasteiger charge is -2.11. The van der Waals surface area contributed by atoms with E-state index in [-0.39, 0.29) is 12.3 Å². The topological polar surface area (TPSA) is 111 Å². The third-order valence-electron chi connectivity index (χ3n) is 2.07. The van der Waals surface area contributed by atoms with Gasteiger partial charge in [-0.2, -0.15) is 0 Å². The van der Waals surface area contributed by atoms with Gasteiger partial charge in [0.1, 0.15) is 6.61 Å². The summed E-state index contributed by atoms with van der Waals surface area (Å²) in [5.74, 6) is -1.42. The van der Waals surface area contributed by atoms with Crippen LogP contribution in [-0.2, 0) is 9.53 Å². The van der Waals surface area contributed by atoms with Gasteiger partial charge < -0.3 is 20.2 Å². The van der Waals surface area contributed by atoms with Gasteiger partial charge in [-0.05, 0) is 29.0 Å². The zero-order valence-corrected chi connectivity index (χ0v) is 10.5. The summed E-state index contributed by atoms with van der Waals surface area (Å²) < 4.78 is 4.72. The van der Waals surface area contributed by atoms with Crippen LogP contribution >= 0.6 is 0 Å². The van der Waals surface area contributed by atoms with E-state index in [1.807, 2.05) is 0 Å². The lowest BCUT2D eigenvalue weighted by molar-refractivity contribution is -0.389. The fourth-order valence-electron chi connectivity index (χ4n) is 1.23. The summed E-state index contributed by atoms with van der Waals surface area (Å²) in [7, 11) is 0. The molecule has 0 spiro atoms. The molecule has 8 heteroatoms. The van der Waals surface area contributed by atoms with Crippen LogP contribution in [0.1, 0.15) is 24.3 Å². The lowest BCUT2D eigenvalue weighted by Crippen LogP contribution is -2.36. The maximum Gasteiger partial charge on any atom is 0.364 e. The highest BCUT2D eigenvalue weighted by molar-refractivity contribution is 5.92. The van der Waals surface area contributed by atoms with Crippen LogP contribution in [0.25, 0.3) is 0 Å². The summed E-state index contributed by atoms with van der Waals surface area (Å²) in [6, 6.07) is 3.51. The predicted octanol–water partition coefficient (Wildman–Crippen LogP) is 0.671. The number of hydrogen-bond donors (Lipinski definition) is 1. The monoisotopic (exact) mass is 267 g/mol. The SMILES string of the molecule is CC(=O)OC[C@@H](C)NC(=O)c1cccc([N+](=O)[O-])n1.